The second-order valence-corrected chi connectivity index (χ2v) is 10.5. The van der Waals surface area contributed by atoms with Crippen molar-refractivity contribution in [3.8, 4) is 11.1 Å². The van der Waals surface area contributed by atoms with Crippen LogP contribution in [0.5, 0.6) is 0 Å². The second-order valence-electron chi connectivity index (χ2n) is 8.96. The molecule has 2 N–H and O–H groups in total. The summed E-state index contributed by atoms with van der Waals surface area (Å²) >= 11 is 0. The summed E-state index contributed by atoms with van der Waals surface area (Å²) in [4.78, 5) is 19.1. The van der Waals surface area contributed by atoms with Crippen molar-refractivity contribution in [1.82, 2.24) is 4.98 Å². The van der Waals surface area contributed by atoms with E-state index in [0.717, 1.165) is 30.3 Å². The smallest absolute Gasteiger partial charge is 0.241 e. The third-order valence-electron chi connectivity index (χ3n) is 6.54. The maximum absolute atomic E-state index is 14.9. The average Bonchev–Trinajstić information content (AvgIpc) is 3.07. The standard InChI is InChI=1S/C24H20F4N4O3S/c1-12-4-14-7-18(26)22(36(29,34)35)8-21(14)32(12)24(33)15-10-31(11-15)23-19(27)5-13(6-20(23)28)16-9-30-3-2-17(16)25/h2-3,5-9,12,15H,4,10-11H2,1H3,(H2,29,34,35)/t12-/m1/s1. The van der Waals surface area contributed by atoms with E-state index in [9.17, 15) is 30.8 Å². The molecule has 7 nitrogen and oxygen atoms in total. The molecule has 5 rings (SSSR count). The van der Waals surface area contributed by atoms with Gasteiger partial charge in [0.25, 0.3) is 0 Å². The fraction of sp³-hybridized carbons (Fsp3) is 0.250. The molecule has 0 unspecified atom stereocenters. The molecule has 0 saturated carbocycles. The van der Waals surface area contributed by atoms with Gasteiger partial charge in [-0.25, -0.2) is 31.1 Å². The van der Waals surface area contributed by atoms with Gasteiger partial charge in [-0.3, -0.25) is 9.78 Å². The van der Waals surface area contributed by atoms with E-state index in [2.05, 4.69) is 4.98 Å². The second kappa shape index (κ2) is 8.56. The monoisotopic (exact) mass is 520 g/mol. The fourth-order valence-electron chi connectivity index (χ4n) is 4.80. The van der Waals surface area contributed by atoms with Crippen molar-refractivity contribution in [3.05, 3.63) is 71.6 Å². The Bertz CT molecular complexity index is 1490. The summed E-state index contributed by atoms with van der Waals surface area (Å²) in [6, 6.07) is 4.84. The van der Waals surface area contributed by atoms with Crippen LogP contribution < -0.4 is 14.9 Å². The number of fused-ring (bicyclic) bond motifs is 1. The number of nitrogens with zero attached hydrogens (tertiary/aromatic N) is 3. The Hall–Kier alpha value is -3.51. The molecule has 1 saturated heterocycles. The van der Waals surface area contributed by atoms with Crippen molar-refractivity contribution >= 4 is 27.3 Å². The lowest BCUT2D eigenvalue weighted by molar-refractivity contribution is -0.123. The highest BCUT2D eigenvalue weighted by Gasteiger charge is 2.42. The predicted molar refractivity (Wildman–Crippen MR) is 124 cm³/mol. The Balaban J connectivity index is 1.37. The number of carbonyl (C=O) groups excluding carboxylic acids is 1. The predicted octanol–water partition coefficient (Wildman–Crippen LogP) is 3.37. The number of anilines is 2. The number of nitrogens with two attached hydrogens (primary N) is 1. The number of benzene rings is 2. The number of pyridine rings is 1. The summed E-state index contributed by atoms with van der Waals surface area (Å²) in [7, 11) is -4.35. The van der Waals surface area contributed by atoms with Crippen molar-refractivity contribution in [2.75, 3.05) is 22.9 Å². The Kier molecular flexibility index (Phi) is 5.75. The van der Waals surface area contributed by atoms with E-state index in [4.69, 9.17) is 5.14 Å². The van der Waals surface area contributed by atoms with Gasteiger partial charge in [-0.1, -0.05) is 0 Å². The highest BCUT2D eigenvalue weighted by molar-refractivity contribution is 7.89. The van der Waals surface area contributed by atoms with Crippen molar-refractivity contribution in [3.63, 3.8) is 0 Å². The van der Waals surface area contributed by atoms with Gasteiger partial charge in [-0.15, -0.1) is 0 Å². The average molecular weight is 521 g/mol. The Morgan fingerprint density at radius 2 is 1.69 bits per heavy atom. The zero-order valence-electron chi connectivity index (χ0n) is 18.9. The molecule has 3 aromatic rings. The van der Waals surface area contributed by atoms with Gasteiger partial charge < -0.3 is 9.80 Å². The van der Waals surface area contributed by atoms with Gasteiger partial charge in [0.1, 0.15) is 33.9 Å². The molecule has 0 aliphatic carbocycles. The van der Waals surface area contributed by atoms with Crippen LogP contribution in [-0.4, -0.2) is 38.4 Å². The van der Waals surface area contributed by atoms with Crippen LogP contribution in [0.3, 0.4) is 0 Å². The van der Waals surface area contributed by atoms with E-state index in [-0.39, 0.29) is 47.5 Å². The zero-order valence-corrected chi connectivity index (χ0v) is 19.7. The van der Waals surface area contributed by atoms with E-state index in [0.29, 0.717) is 12.0 Å². The summed E-state index contributed by atoms with van der Waals surface area (Å²) in [5.74, 6) is -4.49. The molecular weight excluding hydrogens is 500 g/mol. The van der Waals surface area contributed by atoms with Gasteiger partial charge in [0.2, 0.25) is 15.9 Å². The van der Waals surface area contributed by atoms with Gasteiger partial charge in [0, 0.05) is 42.8 Å². The van der Waals surface area contributed by atoms with Crippen LogP contribution in [0.25, 0.3) is 11.1 Å². The highest BCUT2D eigenvalue weighted by atomic mass is 32.2. The first-order valence-electron chi connectivity index (χ1n) is 11.0. The summed E-state index contributed by atoms with van der Waals surface area (Å²) in [5, 5.41) is 5.10. The molecule has 0 radical (unpaired) electrons. The first-order chi connectivity index (χ1) is 17.0. The SMILES string of the molecule is C[C@@H]1Cc2cc(F)c(S(N)(=O)=O)cc2N1C(=O)C1CN(c2c(F)cc(-c3cnccc3F)cc2F)C1. The lowest BCUT2D eigenvalue weighted by atomic mass is 9.96. The molecule has 0 spiro atoms. The Labute approximate surface area is 204 Å². The molecule has 12 heteroatoms. The van der Waals surface area contributed by atoms with Gasteiger partial charge in [0.15, 0.2) is 0 Å². The molecule has 36 heavy (non-hydrogen) atoms. The van der Waals surface area contributed by atoms with Crippen molar-refractivity contribution in [1.29, 1.82) is 0 Å². The van der Waals surface area contributed by atoms with E-state index in [1.165, 1.54) is 22.2 Å². The zero-order chi connectivity index (χ0) is 25.9. The van der Waals surface area contributed by atoms with Crippen LogP contribution in [0.15, 0.2) is 47.6 Å². The lowest BCUT2D eigenvalue weighted by Gasteiger charge is -2.42. The van der Waals surface area contributed by atoms with Gasteiger partial charge >= 0.3 is 0 Å². The Morgan fingerprint density at radius 3 is 2.31 bits per heavy atom. The molecular formula is C24H20F4N4O3S. The van der Waals surface area contributed by atoms with Crippen LogP contribution in [-0.2, 0) is 21.2 Å². The number of amides is 1. The summed E-state index contributed by atoms with van der Waals surface area (Å²) in [5.41, 5.74) is 0.327. The van der Waals surface area contributed by atoms with E-state index in [1.807, 2.05) is 0 Å². The molecule has 1 fully saturated rings. The number of hydrogen-bond acceptors (Lipinski definition) is 5. The normalized spacial score (nSPS) is 17.8. The van der Waals surface area contributed by atoms with Gasteiger partial charge in [-0.2, -0.15) is 0 Å². The quantitative estimate of drug-likeness (QED) is 0.533. The molecule has 188 valence electrons. The summed E-state index contributed by atoms with van der Waals surface area (Å²) in [6.45, 7) is 1.75. The number of sulfonamides is 1. The van der Waals surface area contributed by atoms with Crippen molar-refractivity contribution in [2.45, 2.75) is 24.3 Å². The molecule has 2 aliphatic rings. The van der Waals surface area contributed by atoms with E-state index in [1.54, 1.807) is 6.92 Å². The minimum Gasteiger partial charge on any atom is -0.365 e. The molecule has 1 aromatic heterocycles. The van der Waals surface area contributed by atoms with Crippen LogP contribution in [0.4, 0.5) is 28.9 Å². The molecule has 0 bridgehead atoms. The maximum Gasteiger partial charge on any atom is 0.241 e. The largest absolute Gasteiger partial charge is 0.365 e. The summed E-state index contributed by atoms with van der Waals surface area (Å²) < 4.78 is 81.5. The van der Waals surface area contributed by atoms with E-state index >= 15 is 0 Å². The Morgan fingerprint density at radius 1 is 1.03 bits per heavy atom. The molecule has 2 aromatic carbocycles. The van der Waals surface area contributed by atoms with Gasteiger partial charge in [-0.05, 0) is 54.8 Å². The van der Waals surface area contributed by atoms with Crippen LogP contribution in [0.1, 0.15) is 12.5 Å². The topological polar surface area (TPSA) is 96.6 Å². The fourth-order valence-corrected chi connectivity index (χ4v) is 5.41. The van der Waals surface area contributed by atoms with Crippen LogP contribution in [0.2, 0.25) is 0 Å². The number of primary sulfonamides is 1. The first kappa shape index (κ1) is 24.2. The number of rotatable bonds is 4. The van der Waals surface area contributed by atoms with Gasteiger partial charge in [0.05, 0.1) is 5.92 Å². The minimum atomic E-state index is -4.35. The lowest BCUT2D eigenvalue weighted by Crippen LogP contribution is -2.56. The number of aromatic nitrogens is 1. The van der Waals surface area contributed by atoms with E-state index < -0.39 is 44.1 Å². The molecule has 2 aliphatic heterocycles. The molecule has 1 amide bonds. The molecule has 1 atom stereocenters. The third kappa shape index (κ3) is 3.99. The molecule has 3 heterocycles. The number of hydrogen-bond donors (Lipinski definition) is 1. The van der Waals surface area contributed by atoms with Crippen LogP contribution in [0, 0.1) is 29.2 Å². The maximum atomic E-state index is 14.9. The third-order valence-corrected chi connectivity index (χ3v) is 7.46. The number of carbonyl (C=O) groups is 1. The number of halogens is 4. The van der Waals surface area contributed by atoms with Crippen molar-refractivity contribution < 1.29 is 30.8 Å². The van der Waals surface area contributed by atoms with Crippen LogP contribution >= 0.6 is 0 Å². The summed E-state index contributed by atoms with van der Waals surface area (Å²) in [6.07, 6.45) is 2.71. The highest BCUT2D eigenvalue weighted by Crippen LogP contribution is 2.39. The minimum absolute atomic E-state index is 0.00658. The first-order valence-corrected chi connectivity index (χ1v) is 12.5. The van der Waals surface area contributed by atoms with Crippen molar-refractivity contribution in [2.24, 2.45) is 11.1 Å².